The number of aromatic nitrogens is 3. The summed E-state index contributed by atoms with van der Waals surface area (Å²) in [5.41, 5.74) is 2.17. The molecule has 0 atom stereocenters. The van der Waals surface area contributed by atoms with Gasteiger partial charge in [0.15, 0.2) is 5.13 Å². The van der Waals surface area contributed by atoms with E-state index >= 15 is 0 Å². The molecule has 0 unspecified atom stereocenters. The van der Waals surface area contributed by atoms with E-state index in [1.54, 1.807) is 14.0 Å². The Labute approximate surface area is 159 Å². The molecule has 140 valence electrons. The summed E-state index contributed by atoms with van der Waals surface area (Å²) >= 11 is 1.40. The average molecular weight is 385 g/mol. The van der Waals surface area contributed by atoms with E-state index in [4.69, 9.17) is 4.74 Å². The van der Waals surface area contributed by atoms with Gasteiger partial charge < -0.3 is 15.0 Å². The Morgan fingerprint density at radius 2 is 2.26 bits per heavy atom. The molecule has 8 nitrogen and oxygen atoms in total. The lowest BCUT2D eigenvalue weighted by Gasteiger charge is -2.26. The van der Waals surface area contributed by atoms with Gasteiger partial charge >= 0.3 is 0 Å². The van der Waals surface area contributed by atoms with Crippen molar-refractivity contribution < 1.29 is 9.53 Å². The maximum Gasteiger partial charge on any atom is 0.255 e. The normalized spacial score (nSPS) is 14.1. The first-order valence-corrected chi connectivity index (χ1v) is 9.39. The Morgan fingerprint density at radius 1 is 1.41 bits per heavy atom. The number of anilines is 1. The van der Waals surface area contributed by atoms with Crippen LogP contribution in [0.4, 0.5) is 5.13 Å². The molecule has 1 amide bonds. The van der Waals surface area contributed by atoms with Crippen LogP contribution < -0.4 is 15.6 Å². The fourth-order valence-electron chi connectivity index (χ4n) is 3.19. The van der Waals surface area contributed by atoms with Crippen LogP contribution in [0.15, 0.2) is 23.0 Å². The minimum atomic E-state index is -0.152. The van der Waals surface area contributed by atoms with E-state index in [2.05, 4.69) is 20.3 Å². The van der Waals surface area contributed by atoms with Gasteiger partial charge in [-0.05, 0) is 25.1 Å². The summed E-state index contributed by atoms with van der Waals surface area (Å²) in [6.07, 6.45) is 0.661. The van der Waals surface area contributed by atoms with Crippen molar-refractivity contribution >= 4 is 32.6 Å². The standard InChI is InChI=1S/C18H19N5O3S/c1-10-19-13-5-6-23(8-12(13)17(25)20-10)9-16(24)22-18-21-14-4-3-11(26-2)7-15(14)27-18/h3-4,7H,5-6,8-9H2,1-2H3,(H,19,20,25)(H,21,22,24). The van der Waals surface area contributed by atoms with Crippen molar-refractivity contribution in [1.29, 1.82) is 0 Å². The van der Waals surface area contributed by atoms with Gasteiger partial charge in [0.1, 0.15) is 11.6 Å². The lowest BCUT2D eigenvalue weighted by atomic mass is 10.1. The van der Waals surface area contributed by atoms with Crippen molar-refractivity contribution in [2.75, 3.05) is 25.5 Å². The second kappa shape index (κ2) is 7.09. The van der Waals surface area contributed by atoms with E-state index < -0.39 is 0 Å². The van der Waals surface area contributed by atoms with Crippen molar-refractivity contribution in [1.82, 2.24) is 19.9 Å². The second-order valence-electron chi connectivity index (χ2n) is 6.44. The molecule has 1 aliphatic heterocycles. The summed E-state index contributed by atoms with van der Waals surface area (Å²) in [6, 6.07) is 5.60. The van der Waals surface area contributed by atoms with Crippen LogP contribution in [0.25, 0.3) is 10.2 Å². The Bertz CT molecular complexity index is 1070. The number of benzene rings is 1. The number of rotatable bonds is 4. The SMILES string of the molecule is COc1ccc2nc(NC(=O)CN3CCc4nc(C)[nH]c(=O)c4C3)sc2c1. The summed E-state index contributed by atoms with van der Waals surface area (Å²) in [5, 5.41) is 3.40. The van der Waals surface area contributed by atoms with E-state index in [1.807, 2.05) is 23.1 Å². The topological polar surface area (TPSA) is 100 Å². The zero-order chi connectivity index (χ0) is 19.0. The Balaban J connectivity index is 1.43. The highest BCUT2D eigenvalue weighted by Gasteiger charge is 2.22. The highest BCUT2D eigenvalue weighted by Crippen LogP contribution is 2.29. The number of carbonyl (C=O) groups excluding carboxylic acids is 1. The quantitative estimate of drug-likeness (QED) is 0.709. The molecule has 0 saturated carbocycles. The molecule has 2 aromatic heterocycles. The molecule has 27 heavy (non-hydrogen) atoms. The number of methoxy groups -OCH3 is 1. The number of amides is 1. The van der Waals surface area contributed by atoms with Crippen LogP contribution in [0.5, 0.6) is 5.75 Å². The molecule has 3 heterocycles. The van der Waals surface area contributed by atoms with E-state index in [9.17, 15) is 9.59 Å². The van der Waals surface area contributed by atoms with E-state index in [-0.39, 0.29) is 18.0 Å². The monoisotopic (exact) mass is 385 g/mol. The third-order valence-corrected chi connectivity index (χ3v) is 5.41. The first kappa shape index (κ1) is 17.6. The summed E-state index contributed by atoms with van der Waals surface area (Å²) in [4.78, 5) is 38.0. The average Bonchev–Trinajstić information content (AvgIpc) is 3.03. The lowest BCUT2D eigenvalue weighted by Crippen LogP contribution is -2.40. The molecule has 2 N–H and O–H groups in total. The fraction of sp³-hybridized carbons (Fsp3) is 0.333. The van der Waals surface area contributed by atoms with Crippen LogP contribution in [0.2, 0.25) is 0 Å². The molecule has 0 aliphatic carbocycles. The zero-order valence-electron chi connectivity index (χ0n) is 15.0. The summed E-state index contributed by atoms with van der Waals surface area (Å²) in [5.74, 6) is 1.23. The van der Waals surface area contributed by atoms with Gasteiger partial charge in [-0.1, -0.05) is 11.3 Å². The maximum absolute atomic E-state index is 12.4. The van der Waals surface area contributed by atoms with Crippen LogP contribution in [-0.4, -0.2) is 46.0 Å². The van der Waals surface area contributed by atoms with Crippen LogP contribution >= 0.6 is 11.3 Å². The van der Waals surface area contributed by atoms with Gasteiger partial charge in [0.25, 0.3) is 5.56 Å². The number of aryl methyl sites for hydroxylation is 1. The smallest absolute Gasteiger partial charge is 0.255 e. The van der Waals surface area contributed by atoms with Crippen LogP contribution in [0.1, 0.15) is 17.1 Å². The highest BCUT2D eigenvalue weighted by atomic mass is 32.1. The summed E-state index contributed by atoms with van der Waals surface area (Å²) < 4.78 is 6.16. The van der Waals surface area contributed by atoms with Gasteiger partial charge in [-0.15, -0.1) is 0 Å². The molecule has 0 saturated heterocycles. The minimum absolute atomic E-state index is 0.122. The van der Waals surface area contributed by atoms with Crippen molar-refractivity contribution in [3.63, 3.8) is 0 Å². The number of hydrogen-bond donors (Lipinski definition) is 2. The minimum Gasteiger partial charge on any atom is -0.497 e. The molecule has 3 aromatic rings. The molecule has 1 aliphatic rings. The Kier molecular flexibility index (Phi) is 4.63. The largest absolute Gasteiger partial charge is 0.497 e. The summed E-state index contributed by atoms with van der Waals surface area (Å²) in [6.45, 7) is 3.08. The number of fused-ring (bicyclic) bond motifs is 2. The van der Waals surface area contributed by atoms with Crippen molar-refractivity contribution in [3.05, 3.63) is 45.6 Å². The molecular weight excluding hydrogens is 366 g/mol. The van der Waals surface area contributed by atoms with Gasteiger partial charge in [-0.2, -0.15) is 0 Å². The lowest BCUT2D eigenvalue weighted by molar-refractivity contribution is -0.117. The van der Waals surface area contributed by atoms with Gasteiger partial charge in [0.2, 0.25) is 5.91 Å². The maximum atomic E-state index is 12.4. The Morgan fingerprint density at radius 3 is 3.07 bits per heavy atom. The molecule has 0 bridgehead atoms. The first-order chi connectivity index (χ1) is 13.0. The highest BCUT2D eigenvalue weighted by molar-refractivity contribution is 7.22. The third-order valence-electron chi connectivity index (χ3n) is 4.48. The van der Waals surface area contributed by atoms with E-state index in [0.717, 1.165) is 21.7 Å². The van der Waals surface area contributed by atoms with Crippen molar-refractivity contribution in [2.45, 2.75) is 19.9 Å². The number of thiazole rings is 1. The van der Waals surface area contributed by atoms with Crippen molar-refractivity contribution in [3.8, 4) is 5.75 Å². The van der Waals surface area contributed by atoms with Gasteiger partial charge in [-0.3, -0.25) is 14.5 Å². The second-order valence-corrected chi connectivity index (χ2v) is 7.47. The Hall–Kier alpha value is -2.78. The van der Waals surface area contributed by atoms with Crippen LogP contribution in [-0.2, 0) is 17.8 Å². The molecule has 0 fully saturated rings. The number of nitrogens with zero attached hydrogens (tertiary/aromatic N) is 3. The first-order valence-electron chi connectivity index (χ1n) is 8.57. The van der Waals surface area contributed by atoms with E-state index in [1.165, 1.54) is 11.3 Å². The molecule has 1 aromatic carbocycles. The predicted molar refractivity (Wildman–Crippen MR) is 103 cm³/mol. The molecule has 9 heteroatoms. The molecule has 4 rings (SSSR count). The van der Waals surface area contributed by atoms with Crippen LogP contribution in [0, 0.1) is 6.92 Å². The van der Waals surface area contributed by atoms with Gasteiger partial charge in [0.05, 0.1) is 35.1 Å². The molecule has 0 spiro atoms. The molecule has 0 radical (unpaired) electrons. The zero-order valence-corrected chi connectivity index (χ0v) is 15.9. The van der Waals surface area contributed by atoms with Crippen molar-refractivity contribution in [2.24, 2.45) is 0 Å². The number of H-pyrrole nitrogens is 1. The number of carbonyl (C=O) groups is 1. The number of ether oxygens (including phenoxy) is 1. The van der Waals surface area contributed by atoms with Gasteiger partial charge in [0, 0.05) is 19.5 Å². The summed E-state index contributed by atoms with van der Waals surface area (Å²) in [7, 11) is 1.61. The third kappa shape index (κ3) is 3.69. The van der Waals surface area contributed by atoms with Crippen LogP contribution in [0.3, 0.4) is 0 Å². The number of aromatic amines is 1. The number of hydrogen-bond acceptors (Lipinski definition) is 7. The van der Waals surface area contributed by atoms with E-state index in [0.29, 0.717) is 36.0 Å². The number of nitrogens with one attached hydrogen (secondary N) is 2. The predicted octanol–water partition coefficient (Wildman–Crippen LogP) is 1.69. The fourth-order valence-corrected chi connectivity index (χ4v) is 4.10. The van der Waals surface area contributed by atoms with Gasteiger partial charge in [-0.25, -0.2) is 9.97 Å². The molecular formula is C18H19N5O3S.